The molecule has 0 aromatic carbocycles. The van der Waals surface area contributed by atoms with Crippen LogP contribution in [0.2, 0.25) is 0 Å². The monoisotopic (exact) mass is 170 g/mol. The van der Waals surface area contributed by atoms with Crippen LogP contribution in [-0.2, 0) is 0 Å². The Labute approximate surface area is 73.9 Å². The molecule has 1 aliphatic carbocycles. The van der Waals surface area contributed by atoms with Crippen molar-refractivity contribution in [1.29, 1.82) is 0 Å². The normalized spacial score (nSPS) is 48.8. The summed E-state index contributed by atoms with van der Waals surface area (Å²) in [6, 6.07) is 0. The quantitative estimate of drug-likeness (QED) is 0.585. The summed E-state index contributed by atoms with van der Waals surface area (Å²) in [7, 11) is 0. The van der Waals surface area contributed by atoms with Crippen LogP contribution >= 0.6 is 0 Å². The lowest BCUT2D eigenvalue weighted by atomic mass is 9.68. The minimum atomic E-state index is -0.943. The number of rotatable bonds is 1. The SMILES string of the molecule is C=CC1(C)CC[C@@H](O)[C@@](C)(O)C1. The maximum Gasteiger partial charge on any atom is 0.0885 e. The zero-order valence-corrected chi connectivity index (χ0v) is 7.88. The zero-order chi connectivity index (χ0) is 9.41. The maximum absolute atomic E-state index is 9.81. The van der Waals surface area contributed by atoms with Gasteiger partial charge in [0, 0.05) is 0 Å². The number of hydrogen-bond donors (Lipinski definition) is 2. The first-order valence-corrected chi connectivity index (χ1v) is 4.44. The highest BCUT2D eigenvalue weighted by Gasteiger charge is 2.42. The molecule has 0 aromatic heterocycles. The first-order valence-electron chi connectivity index (χ1n) is 4.44. The van der Waals surface area contributed by atoms with Crippen LogP contribution < -0.4 is 0 Å². The summed E-state index contributed by atoms with van der Waals surface area (Å²) in [6.45, 7) is 7.52. The van der Waals surface area contributed by atoms with Gasteiger partial charge in [-0.15, -0.1) is 6.58 Å². The molecule has 0 aromatic rings. The van der Waals surface area contributed by atoms with Crippen LogP contribution in [0.15, 0.2) is 12.7 Å². The van der Waals surface area contributed by atoms with E-state index in [4.69, 9.17) is 0 Å². The Morgan fingerprint density at radius 2 is 2.08 bits per heavy atom. The van der Waals surface area contributed by atoms with Crippen molar-refractivity contribution in [2.45, 2.75) is 44.8 Å². The van der Waals surface area contributed by atoms with Crippen LogP contribution in [0.3, 0.4) is 0 Å². The van der Waals surface area contributed by atoms with Gasteiger partial charge < -0.3 is 10.2 Å². The van der Waals surface area contributed by atoms with E-state index in [0.717, 1.165) is 6.42 Å². The molecule has 0 heterocycles. The standard InChI is InChI=1S/C10H18O2/c1-4-9(2)6-5-8(11)10(3,12)7-9/h4,8,11-12H,1,5-7H2,2-3H3/t8-,9?,10+/m1/s1. The van der Waals surface area contributed by atoms with Crippen LogP contribution in [0.4, 0.5) is 0 Å². The third-order valence-electron chi connectivity index (χ3n) is 2.96. The van der Waals surface area contributed by atoms with E-state index in [0.29, 0.717) is 12.8 Å². The van der Waals surface area contributed by atoms with Gasteiger partial charge in [-0.25, -0.2) is 0 Å². The van der Waals surface area contributed by atoms with Gasteiger partial charge in [-0.1, -0.05) is 13.0 Å². The lowest BCUT2D eigenvalue weighted by Gasteiger charge is -2.43. The predicted molar refractivity (Wildman–Crippen MR) is 48.8 cm³/mol. The number of hydrogen-bond acceptors (Lipinski definition) is 2. The summed E-state index contributed by atoms with van der Waals surface area (Å²) in [6.07, 6.45) is 3.48. The smallest absolute Gasteiger partial charge is 0.0885 e. The first-order chi connectivity index (χ1) is 5.40. The van der Waals surface area contributed by atoms with Crippen molar-refractivity contribution in [2.24, 2.45) is 5.41 Å². The topological polar surface area (TPSA) is 40.5 Å². The Kier molecular flexibility index (Phi) is 2.32. The van der Waals surface area contributed by atoms with Gasteiger partial charge in [-0.2, -0.15) is 0 Å². The van der Waals surface area contributed by atoms with Gasteiger partial charge >= 0.3 is 0 Å². The summed E-state index contributed by atoms with van der Waals surface area (Å²) in [4.78, 5) is 0. The minimum absolute atomic E-state index is 0.0112. The average Bonchev–Trinajstić information content (AvgIpc) is 1.97. The molecule has 2 heteroatoms. The van der Waals surface area contributed by atoms with Crippen LogP contribution in [0.1, 0.15) is 33.1 Å². The van der Waals surface area contributed by atoms with Gasteiger partial charge in [-0.05, 0) is 31.6 Å². The minimum Gasteiger partial charge on any atom is -0.390 e. The van der Waals surface area contributed by atoms with Gasteiger partial charge in [0.1, 0.15) is 0 Å². The average molecular weight is 170 g/mol. The Balaban J connectivity index is 2.75. The zero-order valence-electron chi connectivity index (χ0n) is 7.88. The van der Waals surface area contributed by atoms with E-state index in [1.165, 1.54) is 0 Å². The Morgan fingerprint density at radius 3 is 2.50 bits per heavy atom. The number of aliphatic hydroxyl groups excluding tert-OH is 1. The lowest BCUT2D eigenvalue weighted by Crippen LogP contribution is -2.47. The molecule has 1 saturated carbocycles. The third-order valence-corrected chi connectivity index (χ3v) is 2.96. The lowest BCUT2D eigenvalue weighted by molar-refractivity contribution is -0.111. The first kappa shape index (κ1) is 9.75. The molecule has 0 amide bonds. The van der Waals surface area contributed by atoms with E-state index in [-0.39, 0.29) is 5.41 Å². The maximum atomic E-state index is 9.81. The van der Waals surface area contributed by atoms with Crippen molar-refractivity contribution in [2.75, 3.05) is 0 Å². The van der Waals surface area contributed by atoms with E-state index >= 15 is 0 Å². The van der Waals surface area contributed by atoms with Gasteiger partial charge in [-0.3, -0.25) is 0 Å². The summed E-state index contributed by atoms with van der Waals surface area (Å²) in [5.41, 5.74) is -0.954. The molecule has 0 bridgehead atoms. The molecule has 2 N–H and O–H groups in total. The predicted octanol–water partition coefficient (Wildman–Crippen LogP) is 1.47. The number of aliphatic hydroxyl groups is 2. The largest absolute Gasteiger partial charge is 0.390 e. The highest BCUT2D eigenvalue weighted by Crippen LogP contribution is 2.41. The molecule has 0 radical (unpaired) electrons. The Bertz CT molecular complexity index is 186. The molecule has 12 heavy (non-hydrogen) atoms. The fourth-order valence-electron chi connectivity index (χ4n) is 1.98. The molecule has 1 fully saturated rings. The van der Waals surface area contributed by atoms with E-state index in [2.05, 4.69) is 13.5 Å². The molecule has 3 atom stereocenters. The second-order valence-electron chi connectivity index (χ2n) is 4.45. The van der Waals surface area contributed by atoms with Gasteiger partial charge in [0.05, 0.1) is 11.7 Å². The van der Waals surface area contributed by atoms with E-state index < -0.39 is 11.7 Å². The molecular weight excluding hydrogens is 152 g/mol. The fraction of sp³-hybridized carbons (Fsp3) is 0.800. The van der Waals surface area contributed by atoms with Crippen molar-refractivity contribution in [3.63, 3.8) is 0 Å². The molecule has 1 unspecified atom stereocenters. The van der Waals surface area contributed by atoms with Crippen molar-refractivity contribution in [1.82, 2.24) is 0 Å². The van der Waals surface area contributed by atoms with E-state index in [9.17, 15) is 10.2 Å². The van der Waals surface area contributed by atoms with Crippen molar-refractivity contribution in [3.05, 3.63) is 12.7 Å². The molecule has 70 valence electrons. The van der Waals surface area contributed by atoms with Crippen molar-refractivity contribution < 1.29 is 10.2 Å². The van der Waals surface area contributed by atoms with Gasteiger partial charge in [0.15, 0.2) is 0 Å². The molecule has 1 rings (SSSR count). The highest BCUT2D eigenvalue weighted by atomic mass is 16.3. The second kappa shape index (κ2) is 2.86. The van der Waals surface area contributed by atoms with E-state index in [1.54, 1.807) is 6.92 Å². The summed E-state index contributed by atoms with van der Waals surface area (Å²) >= 11 is 0. The third kappa shape index (κ3) is 1.70. The van der Waals surface area contributed by atoms with Crippen LogP contribution in [0, 0.1) is 5.41 Å². The highest BCUT2D eigenvalue weighted by molar-refractivity contribution is 5.02. The van der Waals surface area contributed by atoms with Crippen LogP contribution in [-0.4, -0.2) is 21.9 Å². The second-order valence-corrected chi connectivity index (χ2v) is 4.45. The Morgan fingerprint density at radius 1 is 1.50 bits per heavy atom. The van der Waals surface area contributed by atoms with Crippen LogP contribution in [0.25, 0.3) is 0 Å². The summed E-state index contributed by atoms with van der Waals surface area (Å²) in [5, 5.41) is 19.3. The summed E-state index contributed by atoms with van der Waals surface area (Å²) in [5.74, 6) is 0. The van der Waals surface area contributed by atoms with Crippen LogP contribution in [0.5, 0.6) is 0 Å². The molecule has 2 nitrogen and oxygen atoms in total. The number of allylic oxidation sites excluding steroid dienone is 1. The van der Waals surface area contributed by atoms with Gasteiger partial charge in [0.25, 0.3) is 0 Å². The fourth-order valence-corrected chi connectivity index (χ4v) is 1.98. The van der Waals surface area contributed by atoms with Crippen molar-refractivity contribution >= 4 is 0 Å². The molecule has 0 saturated heterocycles. The van der Waals surface area contributed by atoms with E-state index in [1.807, 2.05) is 6.08 Å². The molecule has 1 aliphatic rings. The van der Waals surface area contributed by atoms with Gasteiger partial charge in [0.2, 0.25) is 0 Å². The molecular formula is C10H18O2. The summed E-state index contributed by atoms with van der Waals surface area (Å²) < 4.78 is 0. The molecule has 0 spiro atoms. The molecule has 0 aliphatic heterocycles. The Hall–Kier alpha value is -0.340. The van der Waals surface area contributed by atoms with Crippen molar-refractivity contribution in [3.8, 4) is 0 Å².